The number of hydrogen-bond donors (Lipinski definition) is 1. The highest BCUT2D eigenvalue weighted by molar-refractivity contribution is 5.79. The number of alkyl halides is 3. The molecular weight excluding hydrogens is 243 g/mol. The van der Waals surface area contributed by atoms with Gasteiger partial charge in [0.15, 0.2) is 0 Å². The summed E-state index contributed by atoms with van der Waals surface area (Å²) in [7, 11) is 0. The van der Waals surface area contributed by atoms with Crippen molar-refractivity contribution in [2.45, 2.75) is 63.6 Å². The van der Waals surface area contributed by atoms with Crippen LogP contribution in [0.1, 0.15) is 51.4 Å². The second-order valence-electron chi connectivity index (χ2n) is 5.58. The van der Waals surface area contributed by atoms with Crippen molar-refractivity contribution in [3.05, 3.63) is 0 Å². The molecule has 0 aromatic carbocycles. The van der Waals surface area contributed by atoms with Gasteiger partial charge in [-0.05, 0) is 38.5 Å². The molecule has 0 saturated heterocycles. The van der Waals surface area contributed by atoms with Gasteiger partial charge in [-0.15, -0.1) is 0 Å². The van der Waals surface area contributed by atoms with Gasteiger partial charge < -0.3 is 5.32 Å². The molecule has 104 valence electrons. The predicted octanol–water partition coefficient (Wildman–Crippen LogP) is 3.41. The maximum atomic E-state index is 12.5. The molecule has 0 aromatic heterocycles. The smallest absolute Gasteiger partial charge is 0.353 e. The summed E-state index contributed by atoms with van der Waals surface area (Å²) in [6.45, 7) is 0. The van der Waals surface area contributed by atoms with Crippen LogP contribution in [0.15, 0.2) is 0 Å². The second kappa shape index (κ2) is 5.49. The standard InChI is InChI=1S/C13H20F3NO/c14-13(15,16)10-5-7-11(8-6-10)17-12(18)9-3-1-2-4-9/h9-11H,1-8H2,(H,17,18). The minimum atomic E-state index is -4.07. The molecule has 0 spiro atoms. The van der Waals surface area contributed by atoms with E-state index in [2.05, 4.69) is 5.32 Å². The fourth-order valence-corrected chi connectivity index (χ4v) is 3.07. The van der Waals surface area contributed by atoms with Crippen LogP contribution in [0, 0.1) is 11.8 Å². The summed E-state index contributed by atoms with van der Waals surface area (Å²) < 4.78 is 37.5. The van der Waals surface area contributed by atoms with Gasteiger partial charge in [0, 0.05) is 12.0 Å². The van der Waals surface area contributed by atoms with Gasteiger partial charge in [0.2, 0.25) is 5.91 Å². The van der Waals surface area contributed by atoms with Crippen LogP contribution in [0.3, 0.4) is 0 Å². The Morgan fingerprint density at radius 1 is 0.944 bits per heavy atom. The molecule has 2 aliphatic rings. The van der Waals surface area contributed by atoms with Gasteiger partial charge in [0.25, 0.3) is 0 Å². The number of carbonyl (C=O) groups excluding carboxylic acids is 1. The Labute approximate surface area is 105 Å². The number of amides is 1. The van der Waals surface area contributed by atoms with Gasteiger partial charge in [-0.25, -0.2) is 0 Å². The molecule has 2 fully saturated rings. The third kappa shape index (κ3) is 3.39. The Bertz CT molecular complexity index is 289. The average molecular weight is 263 g/mol. The quantitative estimate of drug-likeness (QED) is 0.812. The first-order chi connectivity index (χ1) is 8.47. The van der Waals surface area contributed by atoms with Crippen molar-refractivity contribution in [2.24, 2.45) is 11.8 Å². The van der Waals surface area contributed by atoms with Crippen LogP contribution in [0.5, 0.6) is 0 Å². The summed E-state index contributed by atoms with van der Waals surface area (Å²) in [6.07, 6.45) is 1.22. The van der Waals surface area contributed by atoms with Crippen molar-refractivity contribution in [1.82, 2.24) is 5.32 Å². The van der Waals surface area contributed by atoms with Crippen molar-refractivity contribution in [2.75, 3.05) is 0 Å². The van der Waals surface area contributed by atoms with Crippen LogP contribution < -0.4 is 5.32 Å². The van der Waals surface area contributed by atoms with Gasteiger partial charge in [-0.1, -0.05) is 12.8 Å². The molecule has 0 unspecified atom stereocenters. The van der Waals surface area contributed by atoms with Crippen molar-refractivity contribution < 1.29 is 18.0 Å². The maximum absolute atomic E-state index is 12.5. The first-order valence-electron chi connectivity index (χ1n) is 6.84. The summed E-state index contributed by atoms with van der Waals surface area (Å²) in [5, 5.41) is 2.93. The molecule has 0 radical (unpaired) electrons. The summed E-state index contributed by atoms with van der Waals surface area (Å²) in [5.74, 6) is -1.01. The van der Waals surface area contributed by atoms with Gasteiger partial charge in [-0.2, -0.15) is 13.2 Å². The van der Waals surface area contributed by atoms with Gasteiger partial charge in [0.1, 0.15) is 0 Å². The Morgan fingerprint density at radius 2 is 1.50 bits per heavy atom. The predicted molar refractivity (Wildman–Crippen MR) is 61.9 cm³/mol. The number of hydrogen-bond acceptors (Lipinski definition) is 1. The average Bonchev–Trinajstić information content (AvgIpc) is 2.82. The highest BCUT2D eigenvalue weighted by Crippen LogP contribution is 2.37. The lowest BCUT2D eigenvalue weighted by atomic mass is 9.85. The third-order valence-corrected chi connectivity index (χ3v) is 4.26. The largest absolute Gasteiger partial charge is 0.391 e. The Kier molecular flexibility index (Phi) is 4.17. The van der Waals surface area contributed by atoms with Crippen molar-refractivity contribution >= 4 is 5.91 Å². The summed E-state index contributed by atoms with van der Waals surface area (Å²) in [5.41, 5.74) is 0. The second-order valence-corrected chi connectivity index (χ2v) is 5.58. The molecule has 0 aromatic rings. The molecule has 2 rings (SSSR count). The number of carbonyl (C=O) groups is 1. The van der Waals surface area contributed by atoms with Crippen molar-refractivity contribution in [3.63, 3.8) is 0 Å². The summed E-state index contributed by atoms with van der Waals surface area (Å²) >= 11 is 0. The fourth-order valence-electron chi connectivity index (χ4n) is 3.07. The monoisotopic (exact) mass is 263 g/mol. The van der Waals surface area contributed by atoms with Crippen LogP contribution in [0.25, 0.3) is 0 Å². The van der Waals surface area contributed by atoms with E-state index in [1.807, 2.05) is 0 Å². The van der Waals surface area contributed by atoms with Crippen molar-refractivity contribution in [3.8, 4) is 0 Å². The molecular formula is C13H20F3NO. The van der Waals surface area contributed by atoms with Crippen LogP contribution in [-0.4, -0.2) is 18.1 Å². The summed E-state index contributed by atoms with van der Waals surface area (Å²) in [6, 6.07) is -0.0447. The molecule has 0 bridgehead atoms. The van der Waals surface area contributed by atoms with E-state index in [1.54, 1.807) is 0 Å². The first-order valence-corrected chi connectivity index (χ1v) is 6.84. The Hall–Kier alpha value is -0.740. The number of rotatable bonds is 2. The van der Waals surface area contributed by atoms with E-state index in [1.165, 1.54) is 0 Å². The minimum absolute atomic E-state index is 0.0447. The maximum Gasteiger partial charge on any atom is 0.391 e. The van der Waals surface area contributed by atoms with E-state index in [0.717, 1.165) is 25.7 Å². The molecule has 0 heterocycles. The van der Waals surface area contributed by atoms with Gasteiger partial charge in [-0.3, -0.25) is 4.79 Å². The molecule has 2 saturated carbocycles. The lowest BCUT2D eigenvalue weighted by Gasteiger charge is -2.30. The lowest BCUT2D eigenvalue weighted by molar-refractivity contribution is -0.182. The van der Waals surface area contributed by atoms with Crippen LogP contribution in [-0.2, 0) is 4.79 Å². The molecule has 0 aliphatic heterocycles. The van der Waals surface area contributed by atoms with E-state index in [4.69, 9.17) is 0 Å². The van der Waals surface area contributed by atoms with E-state index in [-0.39, 0.29) is 30.7 Å². The van der Waals surface area contributed by atoms with Crippen LogP contribution >= 0.6 is 0 Å². The zero-order valence-electron chi connectivity index (χ0n) is 10.4. The van der Waals surface area contributed by atoms with Gasteiger partial charge in [0.05, 0.1) is 5.92 Å². The summed E-state index contributed by atoms with van der Waals surface area (Å²) in [4.78, 5) is 11.9. The molecule has 1 amide bonds. The van der Waals surface area contributed by atoms with E-state index < -0.39 is 12.1 Å². The molecule has 18 heavy (non-hydrogen) atoms. The van der Waals surface area contributed by atoms with Crippen LogP contribution in [0.2, 0.25) is 0 Å². The first kappa shape index (κ1) is 13.7. The normalized spacial score (nSPS) is 30.4. The zero-order chi connectivity index (χ0) is 13.2. The minimum Gasteiger partial charge on any atom is -0.353 e. The number of halogens is 3. The molecule has 0 atom stereocenters. The Morgan fingerprint density at radius 3 is 2.00 bits per heavy atom. The molecule has 2 aliphatic carbocycles. The fraction of sp³-hybridized carbons (Fsp3) is 0.923. The highest BCUT2D eigenvalue weighted by Gasteiger charge is 2.41. The molecule has 2 nitrogen and oxygen atoms in total. The van der Waals surface area contributed by atoms with Crippen molar-refractivity contribution in [1.29, 1.82) is 0 Å². The molecule has 1 N–H and O–H groups in total. The highest BCUT2D eigenvalue weighted by atomic mass is 19.4. The third-order valence-electron chi connectivity index (χ3n) is 4.26. The Balaban J connectivity index is 1.75. The molecule has 5 heteroatoms. The number of nitrogens with one attached hydrogen (secondary N) is 1. The zero-order valence-corrected chi connectivity index (χ0v) is 10.4. The van der Waals surface area contributed by atoms with Crippen LogP contribution in [0.4, 0.5) is 13.2 Å². The van der Waals surface area contributed by atoms with E-state index >= 15 is 0 Å². The van der Waals surface area contributed by atoms with Gasteiger partial charge >= 0.3 is 6.18 Å². The van der Waals surface area contributed by atoms with E-state index in [0.29, 0.717) is 12.8 Å². The SMILES string of the molecule is O=C(NC1CCC(C(F)(F)F)CC1)C1CCCC1. The van der Waals surface area contributed by atoms with E-state index in [9.17, 15) is 18.0 Å². The topological polar surface area (TPSA) is 29.1 Å². The lowest BCUT2D eigenvalue weighted by Crippen LogP contribution is -2.42.